The van der Waals surface area contributed by atoms with Gasteiger partial charge in [-0.05, 0) is 55.5 Å². The average molecular weight is 443 g/mol. The van der Waals surface area contributed by atoms with Gasteiger partial charge in [-0.25, -0.2) is 4.79 Å². The molecule has 6 nitrogen and oxygen atoms in total. The van der Waals surface area contributed by atoms with Gasteiger partial charge in [0.05, 0.1) is 0 Å². The number of hydrogen-bond acceptors (Lipinski definition) is 3. The van der Waals surface area contributed by atoms with Crippen molar-refractivity contribution in [3.63, 3.8) is 0 Å². The largest absolute Gasteiger partial charge is 0.375 e. The predicted molar refractivity (Wildman–Crippen MR) is 127 cm³/mol. The molecule has 1 heterocycles. The van der Waals surface area contributed by atoms with Crippen LogP contribution in [-0.2, 0) is 4.79 Å². The second-order valence-corrected chi connectivity index (χ2v) is 8.47. The molecule has 1 saturated heterocycles. The Bertz CT molecular complexity index is 854. The Morgan fingerprint density at radius 2 is 1.84 bits per heavy atom. The van der Waals surface area contributed by atoms with Crippen LogP contribution in [0.25, 0.3) is 0 Å². The van der Waals surface area contributed by atoms with Gasteiger partial charge in [0.15, 0.2) is 0 Å². The Kier molecular flexibility index (Phi) is 8.59. The molecule has 0 unspecified atom stereocenters. The topological polar surface area (TPSA) is 64.7 Å². The van der Waals surface area contributed by atoms with Gasteiger partial charge in [-0.15, -0.1) is 0 Å². The van der Waals surface area contributed by atoms with Crippen LogP contribution in [0.2, 0.25) is 5.02 Å². The van der Waals surface area contributed by atoms with Crippen molar-refractivity contribution in [2.24, 2.45) is 5.92 Å². The van der Waals surface area contributed by atoms with E-state index in [0.717, 1.165) is 25.8 Å². The van der Waals surface area contributed by atoms with Crippen LogP contribution < -0.4 is 15.5 Å². The molecular weight excluding hydrogens is 412 g/mol. The van der Waals surface area contributed by atoms with E-state index >= 15 is 0 Å². The number of carbonyl (C=O) groups is 2. The molecule has 0 spiro atoms. The molecule has 0 aromatic heterocycles. The summed E-state index contributed by atoms with van der Waals surface area (Å²) >= 11 is 5.97. The van der Waals surface area contributed by atoms with Gasteiger partial charge < -0.3 is 20.4 Å². The molecule has 0 aliphatic carbocycles. The summed E-state index contributed by atoms with van der Waals surface area (Å²) in [4.78, 5) is 28.7. The van der Waals surface area contributed by atoms with Crippen molar-refractivity contribution in [3.8, 4) is 0 Å². The van der Waals surface area contributed by atoms with Crippen molar-refractivity contribution in [1.29, 1.82) is 0 Å². The molecule has 0 saturated carbocycles. The van der Waals surface area contributed by atoms with Gasteiger partial charge in [0, 0.05) is 56.0 Å². The van der Waals surface area contributed by atoms with E-state index in [-0.39, 0.29) is 11.9 Å². The third-order valence-corrected chi connectivity index (χ3v) is 5.88. The molecule has 0 bridgehead atoms. The summed E-state index contributed by atoms with van der Waals surface area (Å²) in [6.45, 7) is 2.89. The van der Waals surface area contributed by atoms with Gasteiger partial charge in [0.25, 0.3) is 0 Å². The van der Waals surface area contributed by atoms with Crippen LogP contribution in [0.5, 0.6) is 0 Å². The normalized spacial score (nSPS) is 14.2. The fourth-order valence-corrected chi connectivity index (χ4v) is 3.99. The lowest BCUT2D eigenvalue weighted by Gasteiger charge is -2.31. The van der Waals surface area contributed by atoms with Crippen molar-refractivity contribution in [3.05, 3.63) is 59.6 Å². The number of halogens is 1. The van der Waals surface area contributed by atoms with Crippen LogP contribution in [-0.4, -0.2) is 50.1 Å². The third kappa shape index (κ3) is 7.47. The molecule has 3 rings (SSSR count). The van der Waals surface area contributed by atoms with Gasteiger partial charge in [-0.1, -0.05) is 35.9 Å². The molecular formula is C24H31ClN4O2. The summed E-state index contributed by atoms with van der Waals surface area (Å²) < 4.78 is 0. The van der Waals surface area contributed by atoms with Crippen LogP contribution in [0.3, 0.4) is 0 Å². The number of rotatable bonds is 8. The maximum atomic E-state index is 12.4. The minimum atomic E-state index is -0.118. The first-order valence-electron chi connectivity index (χ1n) is 10.9. The Labute approximate surface area is 189 Å². The second kappa shape index (κ2) is 11.6. The lowest BCUT2D eigenvalue weighted by Crippen LogP contribution is -2.42. The summed E-state index contributed by atoms with van der Waals surface area (Å²) in [6.07, 6.45) is 3.11. The standard InChI is InChI=1S/C24H31ClN4O2/c1-28(22-9-3-2-4-10-22)14-6-13-26-23(30)17-19-11-15-29(16-12-19)24(31)27-21-8-5-7-20(25)18-21/h2-5,7-10,18-19H,6,11-17H2,1H3,(H,26,30)(H,27,31). The third-order valence-electron chi connectivity index (χ3n) is 5.64. The second-order valence-electron chi connectivity index (χ2n) is 8.04. The fourth-order valence-electron chi connectivity index (χ4n) is 3.80. The van der Waals surface area contributed by atoms with E-state index in [1.54, 1.807) is 17.0 Å². The van der Waals surface area contributed by atoms with E-state index in [1.807, 2.05) is 30.3 Å². The molecule has 2 N–H and O–H groups in total. The number of piperidine rings is 1. The molecule has 1 aliphatic rings. The first kappa shape index (κ1) is 22.9. The smallest absolute Gasteiger partial charge is 0.321 e. The Hall–Kier alpha value is -2.73. The number of carbonyl (C=O) groups excluding carboxylic acids is 2. The highest BCUT2D eigenvalue weighted by molar-refractivity contribution is 6.30. The number of nitrogens with one attached hydrogen (secondary N) is 2. The first-order valence-corrected chi connectivity index (χ1v) is 11.2. The van der Waals surface area contributed by atoms with Crippen LogP contribution >= 0.6 is 11.6 Å². The Balaban J connectivity index is 1.30. The SMILES string of the molecule is CN(CCCNC(=O)CC1CCN(C(=O)Nc2cccc(Cl)c2)CC1)c1ccccc1. The van der Waals surface area contributed by atoms with Gasteiger partial charge in [0.2, 0.25) is 5.91 Å². The number of benzene rings is 2. The van der Waals surface area contributed by atoms with Crippen LogP contribution in [0.15, 0.2) is 54.6 Å². The minimum Gasteiger partial charge on any atom is -0.375 e. The van der Waals surface area contributed by atoms with Crippen molar-refractivity contribution in [1.82, 2.24) is 10.2 Å². The van der Waals surface area contributed by atoms with Gasteiger partial charge >= 0.3 is 6.03 Å². The highest BCUT2D eigenvalue weighted by Gasteiger charge is 2.24. The zero-order chi connectivity index (χ0) is 22.1. The van der Waals surface area contributed by atoms with E-state index in [9.17, 15) is 9.59 Å². The highest BCUT2D eigenvalue weighted by atomic mass is 35.5. The average Bonchev–Trinajstić information content (AvgIpc) is 2.77. The molecule has 0 radical (unpaired) electrons. The van der Waals surface area contributed by atoms with Crippen LogP contribution in [0.4, 0.5) is 16.2 Å². The summed E-state index contributed by atoms with van der Waals surface area (Å²) in [7, 11) is 2.06. The summed E-state index contributed by atoms with van der Waals surface area (Å²) in [5, 5.41) is 6.51. The van der Waals surface area contributed by atoms with Crippen LogP contribution in [0, 0.1) is 5.92 Å². The molecule has 0 atom stereocenters. The minimum absolute atomic E-state index is 0.101. The molecule has 166 valence electrons. The van der Waals surface area contributed by atoms with Crippen molar-refractivity contribution >= 4 is 34.9 Å². The number of para-hydroxylation sites is 1. The maximum absolute atomic E-state index is 12.4. The number of amides is 3. The van der Waals surface area contributed by atoms with Gasteiger partial charge in [-0.3, -0.25) is 4.79 Å². The van der Waals surface area contributed by atoms with E-state index < -0.39 is 0 Å². The molecule has 3 amide bonds. The molecule has 2 aromatic carbocycles. The first-order chi connectivity index (χ1) is 15.0. The monoisotopic (exact) mass is 442 g/mol. The van der Waals surface area contributed by atoms with Crippen LogP contribution in [0.1, 0.15) is 25.7 Å². The van der Waals surface area contributed by atoms with E-state index in [1.165, 1.54) is 5.69 Å². The van der Waals surface area contributed by atoms with Crippen molar-refractivity contribution in [2.75, 3.05) is 43.4 Å². The number of hydrogen-bond donors (Lipinski definition) is 2. The molecule has 1 aliphatic heterocycles. The highest BCUT2D eigenvalue weighted by Crippen LogP contribution is 2.22. The van der Waals surface area contributed by atoms with E-state index in [4.69, 9.17) is 11.6 Å². The zero-order valence-corrected chi connectivity index (χ0v) is 18.8. The molecule has 31 heavy (non-hydrogen) atoms. The van der Waals surface area contributed by atoms with Gasteiger partial charge in [0.1, 0.15) is 0 Å². The van der Waals surface area contributed by atoms with Gasteiger partial charge in [-0.2, -0.15) is 0 Å². The molecule has 1 fully saturated rings. The lowest BCUT2D eigenvalue weighted by atomic mass is 9.93. The summed E-state index contributed by atoms with van der Waals surface area (Å²) in [5.74, 6) is 0.423. The predicted octanol–water partition coefficient (Wildman–Crippen LogP) is 4.62. The van der Waals surface area contributed by atoms with Crippen molar-refractivity contribution < 1.29 is 9.59 Å². The number of likely N-dealkylation sites (tertiary alicyclic amines) is 1. The molecule has 2 aromatic rings. The Morgan fingerprint density at radius 1 is 1.10 bits per heavy atom. The number of nitrogens with zero attached hydrogens (tertiary/aromatic N) is 2. The zero-order valence-electron chi connectivity index (χ0n) is 18.0. The number of urea groups is 1. The lowest BCUT2D eigenvalue weighted by molar-refractivity contribution is -0.122. The summed E-state index contributed by atoms with van der Waals surface area (Å²) in [6, 6.07) is 17.2. The van der Waals surface area contributed by atoms with E-state index in [2.05, 4.69) is 34.7 Å². The number of anilines is 2. The fraction of sp³-hybridized carbons (Fsp3) is 0.417. The maximum Gasteiger partial charge on any atom is 0.321 e. The van der Waals surface area contributed by atoms with E-state index in [0.29, 0.717) is 42.7 Å². The quantitative estimate of drug-likeness (QED) is 0.586. The summed E-state index contributed by atoms with van der Waals surface area (Å²) in [5.41, 5.74) is 1.87. The Morgan fingerprint density at radius 3 is 2.55 bits per heavy atom. The molecule has 7 heteroatoms. The van der Waals surface area contributed by atoms with Crippen molar-refractivity contribution in [2.45, 2.75) is 25.7 Å².